The van der Waals surface area contributed by atoms with Crippen molar-refractivity contribution < 1.29 is 27.1 Å². The van der Waals surface area contributed by atoms with Crippen LogP contribution in [0.4, 0.5) is 18.9 Å². The number of benzene rings is 1. The fourth-order valence-electron chi connectivity index (χ4n) is 2.60. The number of carbonyl (C=O) groups excluding carboxylic acids is 1. The van der Waals surface area contributed by atoms with Crippen LogP contribution in [0.25, 0.3) is 6.08 Å². The molecule has 1 aromatic carbocycles. The molecule has 6 nitrogen and oxygen atoms in total. The van der Waals surface area contributed by atoms with Crippen molar-refractivity contribution in [3.8, 4) is 0 Å². The second kappa shape index (κ2) is 6.82. The van der Waals surface area contributed by atoms with Crippen LogP contribution in [0, 0.1) is 5.82 Å². The Labute approximate surface area is 152 Å². The monoisotopic (exact) mass is 379 g/mol. The molecule has 0 unspecified atom stereocenters. The van der Waals surface area contributed by atoms with E-state index in [-0.39, 0.29) is 5.69 Å². The molecule has 0 saturated carbocycles. The number of ether oxygens (including phenoxy) is 1. The molecule has 1 aromatic heterocycles. The Hall–Kier alpha value is -3.23. The number of anilines is 1. The lowest BCUT2D eigenvalue weighted by Crippen LogP contribution is -2.51. The van der Waals surface area contributed by atoms with E-state index in [1.807, 2.05) is 0 Å². The van der Waals surface area contributed by atoms with E-state index in [1.54, 1.807) is 12.1 Å². The van der Waals surface area contributed by atoms with Gasteiger partial charge in [-0.3, -0.25) is 4.79 Å². The third-order valence-corrected chi connectivity index (χ3v) is 4.15. The van der Waals surface area contributed by atoms with Gasteiger partial charge in [-0.15, -0.1) is 0 Å². The zero-order valence-corrected chi connectivity index (χ0v) is 14.2. The maximum Gasteiger partial charge on any atom is 0.310 e. The molecule has 1 aliphatic heterocycles. The second-order valence-corrected chi connectivity index (χ2v) is 6.05. The van der Waals surface area contributed by atoms with Gasteiger partial charge in [0.05, 0.1) is 6.26 Å². The number of nitrogens with two attached hydrogens (primary N) is 1. The number of hydrogen-bond donors (Lipinski definition) is 2. The first-order chi connectivity index (χ1) is 12.7. The number of rotatable bonds is 4. The number of nitrogens with one attached hydrogen (secondary N) is 1. The normalized spacial score (nSPS) is 21.6. The number of furan rings is 1. The molecule has 3 rings (SSSR count). The molecular weight excluding hydrogens is 363 g/mol. The fraction of sp³-hybridized carbons (Fsp3) is 0.222. The van der Waals surface area contributed by atoms with Gasteiger partial charge in [0.1, 0.15) is 11.6 Å². The lowest BCUT2D eigenvalue weighted by atomic mass is 9.85. The van der Waals surface area contributed by atoms with Crippen LogP contribution >= 0.6 is 0 Å². The average molecular weight is 379 g/mol. The highest BCUT2D eigenvalue weighted by molar-refractivity contribution is 6.01. The first-order valence-electron chi connectivity index (χ1n) is 7.90. The molecule has 0 saturated heterocycles. The summed E-state index contributed by atoms with van der Waals surface area (Å²) in [5, 5.41) is 2.48. The van der Waals surface area contributed by atoms with E-state index in [1.165, 1.54) is 24.5 Å². The van der Waals surface area contributed by atoms with Crippen molar-refractivity contribution in [1.29, 1.82) is 0 Å². The first-order valence-corrected chi connectivity index (χ1v) is 7.90. The van der Waals surface area contributed by atoms with Crippen molar-refractivity contribution in [3.05, 3.63) is 59.8 Å². The van der Waals surface area contributed by atoms with E-state index in [0.29, 0.717) is 5.76 Å². The largest absolute Gasteiger partial charge is 0.465 e. The lowest BCUT2D eigenvalue weighted by Gasteiger charge is -2.37. The van der Waals surface area contributed by atoms with Crippen molar-refractivity contribution in [3.63, 3.8) is 0 Å². The maximum absolute atomic E-state index is 14.4. The van der Waals surface area contributed by atoms with Crippen LogP contribution < -0.4 is 11.1 Å². The van der Waals surface area contributed by atoms with Gasteiger partial charge in [0.2, 0.25) is 5.91 Å². The summed E-state index contributed by atoms with van der Waals surface area (Å²) in [4.78, 5) is 15.6. The number of carbonyl (C=O) groups is 1. The zero-order valence-electron chi connectivity index (χ0n) is 14.2. The van der Waals surface area contributed by atoms with Crippen molar-refractivity contribution in [1.82, 2.24) is 0 Å². The summed E-state index contributed by atoms with van der Waals surface area (Å²) in [5.74, 6) is -4.49. The highest BCUT2D eigenvalue weighted by Gasteiger charge is 2.56. The van der Waals surface area contributed by atoms with Crippen LogP contribution in [0.3, 0.4) is 0 Å². The number of halogens is 3. The molecule has 0 bridgehead atoms. The van der Waals surface area contributed by atoms with Crippen molar-refractivity contribution in [2.75, 3.05) is 11.9 Å². The van der Waals surface area contributed by atoms with E-state index in [4.69, 9.17) is 10.2 Å². The van der Waals surface area contributed by atoms with Gasteiger partial charge in [0.15, 0.2) is 12.1 Å². The van der Waals surface area contributed by atoms with Crippen molar-refractivity contribution in [2.24, 2.45) is 10.7 Å². The van der Waals surface area contributed by atoms with Gasteiger partial charge in [-0.05, 0) is 43.3 Å². The van der Waals surface area contributed by atoms with E-state index >= 15 is 0 Å². The van der Waals surface area contributed by atoms with Crippen LogP contribution in [0.15, 0.2) is 52.1 Å². The number of hydrogen-bond acceptors (Lipinski definition) is 5. The van der Waals surface area contributed by atoms with E-state index < -0.39 is 41.4 Å². The topological polar surface area (TPSA) is 89.9 Å². The van der Waals surface area contributed by atoms with E-state index in [0.717, 1.165) is 19.1 Å². The SMILES string of the molecule is C[C@]1(c2cc(NC(=O)C=Cc3ccco3)ccc2F)N=C(N)OCC1(F)F. The molecule has 2 aromatic rings. The van der Waals surface area contributed by atoms with Gasteiger partial charge in [0, 0.05) is 17.3 Å². The molecule has 3 N–H and O–H groups in total. The minimum Gasteiger partial charge on any atom is -0.465 e. The average Bonchev–Trinajstić information content (AvgIpc) is 3.12. The van der Waals surface area contributed by atoms with Crippen LogP contribution in [-0.2, 0) is 15.1 Å². The minimum absolute atomic E-state index is 0.123. The Morgan fingerprint density at radius 2 is 2.15 bits per heavy atom. The number of amidine groups is 1. The molecule has 9 heteroatoms. The fourth-order valence-corrected chi connectivity index (χ4v) is 2.60. The predicted octanol–water partition coefficient (Wildman–Crippen LogP) is 3.27. The summed E-state index contributed by atoms with van der Waals surface area (Å²) < 4.78 is 52.8. The molecule has 142 valence electrons. The number of aliphatic imine (C=N–C) groups is 1. The van der Waals surface area contributed by atoms with Gasteiger partial charge in [-0.2, -0.15) is 8.78 Å². The molecule has 0 aliphatic carbocycles. The number of amides is 1. The Balaban J connectivity index is 1.88. The zero-order chi connectivity index (χ0) is 19.7. The highest BCUT2D eigenvalue weighted by atomic mass is 19.3. The van der Waals surface area contributed by atoms with Crippen molar-refractivity contribution in [2.45, 2.75) is 18.4 Å². The quantitative estimate of drug-likeness (QED) is 0.798. The Kier molecular flexibility index (Phi) is 4.69. The Bertz CT molecular complexity index is 910. The molecule has 1 amide bonds. The third kappa shape index (κ3) is 3.67. The van der Waals surface area contributed by atoms with Gasteiger partial charge in [0.25, 0.3) is 6.02 Å². The molecule has 1 aliphatic rings. The van der Waals surface area contributed by atoms with Crippen LogP contribution in [0.2, 0.25) is 0 Å². The van der Waals surface area contributed by atoms with E-state index in [9.17, 15) is 18.0 Å². The first kappa shape index (κ1) is 18.6. The predicted molar refractivity (Wildman–Crippen MR) is 92.6 cm³/mol. The van der Waals surface area contributed by atoms with Gasteiger partial charge in [-0.25, -0.2) is 9.38 Å². The van der Waals surface area contributed by atoms with Crippen LogP contribution in [0.5, 0.6) is 0 Å². The van der Waals surface area contributed by atoms with Gasteiger partial charge in [-0.1, -0.05) is 0 Å². The summed E-state index contributed by atoms with van der Waals surface area (Å²) >= 11 is 0. The molecule has 0 radical (unpaired) electrons. The van der Waals surface area contributed by atoms with Gasteiger partial charge < -0.3 is 20.2 Å². The third-order valence-electron chi connectivity index (χ3n) is 4.15. The van der Waals surface area contributed by atoms with E-state index in [2.05, 4.69) is 15.0 Å². The number of nitrogens with zero attached hydrogens (tertiary/aromatic N) is 1. The minimum atomic E-state index is -3.50. The summed E-state index contributed by atoms with van der Waals surface area (Å²) in [6, 6.07) is 6.18. The molecule has 0 spiro atoms. The molecule has 1 atom stereocenters. The summed E-state index contributed by atoms with van der Waals surface area (Å²) in [7, 11) is 0. The molecule has 2 heterocycles. The van der Waals surface area contributed by atoms with Crippen LogP contribution in [0.1, 0.15) is 18.2 Å². The Morgan fingerprint density at radius 1 is 1.37 bits per heavy atom. The smallest absolute Gasteiger partial charge is 0.310 e. The highest BCUT2D eigenvalue weighted by Crippen LogP contribution is 2.44. The second-order valence-electron chi connectivity index (χ2n) is 6.05. The van der Waals surface area contributed by atoms with Gasteiger partial charge >= 0.3 is 5.92 Å². The summed E-state index contributed by atoms with van der Waals surface area (Å²) in [5.41, 5.74) is 2.85. The summed E-state index contributed by atoms with van der Waals surface area (Å²) in [6.45, 7) is 0.0317. The van der Waals surface area contributed by atoms with Crippen LogP contribution in [-0.4, -0.2) is 24.5 Å². The summed E-state index contributed by atoms with van der Waals surface area (Å²) in [6.07, 6.45) is 4.08. The lowest BCUT2D eigenvalue weighted by molar-refractivity contribution is -0.117. The molecule has 0 fully saturated rings. The Morgan fingerprint density at radius 3 is 2.85 bits per heavy atom. The maximum atomic E-state index is 14.4. The number of alkyl halides is 2. The van der Waals surface area contributed by atoms with Crippen molar-refractivity contribution >= 4 is 23.7 Å². The molecular formula is C18H16F3N3O3. The molecule has 27 heavy (non-hydrogen) atoms. The standard InChI is InChI=1S/C18H16F3N3O3/c1-17(18(20,21)10-27-16(22)24-17)13-9-11(4-6-14(13)19)23-15(25)7-5-12-3-2-8-26-12/h2-9H,10H2,1H3,(H2,22,24)(H,23,25)/t17-/m1/s1.